The van der Waals surface area contributed by atoms with E-state index < -0.39 is 0 Å². The molecule has 1 fully saturated rings. The molecule has 2 heterocycles. The van der Waals surface area contributed by atoms with Crippen LogP contribution in [-0.4, -0.2) is 43.8 Å². The normalized spacial score (nSPS) is 23.1. The number of rotatable bonds is 6. The molecule has 4 heteroatoms. The van der Waals surface area contributed by atoms with Crippen molar-refractivity contribution < 1.29 is 9.15 Å². The van der Waals surface area contributed by atoms with Crippen LogP contribution in [0.25, 0.3) is 0 Å². The molecular weight excluding hydrogens is 228 g/mol. The van der Waals surface area contributed by atoms with Crippen LogP contribution < -0.4 is 5.32 Å². The van der Waals surface area contributed by atoms with E-state index in [2.05, 4.69) is 24.1 Å². The molecule has 0 amide bonds. The standard InChI is InChI=1S/C14H24N2O2/c1-3-13-11-16(8-10-17-13)7-6-15-12(2)14-5-4-9-18-14/h4-5,9,12-13,15H,3,6-8,10-11H2,1-2H3. The van der Waals surface area contributed by atoms with Crippen molar-refractivity contribution in [2.24, 2.45) is 0 Å². The van der Waals surface area contributed by atoms with E-state index in [-0.39, 0.29) is 6.04 Å². The topological polar surface area (TPSA) is 37.6 Å². The van der Waals surface area contributed by atoms with Crippen molar-refractivity contribution in [3.05, 3.63) is 24.2 Å². The molecule has 0 radical (unpaired) electrons. The first kappa shape index (κ1) is 13.6. The fourth-order valence-electron chi connectivity index (χ4n) is 2.31. The van der Waals surface area contributed by atoms with Crippen LogP contribution in [0, 0.1) is 0 Å². The molecule has 2 atom stereocenters. The van der Waals surface area contributed by atoms with Crippen molar-refractivity contribution in [2.75, 3.05) is 32.8 Å². The van der Waals surface area contributed by atoms with E-state index in [0.29, 0.717) is 6.10 Å². The minimum absolute atomic E-state index is 0.281. The van der Waals surface area contributed by atoms with Crippen molar-refractivity contribution in [1.82, 2.24) is 10.2 Å². The quantitative estimate of drug-likeness (QED) is 0.841. The summed E-state index contributed by atoms with van der Waals surface area (Å²) in [6.45, 7) is 9.36. The van der Waals surface area contributed by atoms with Gasteiger partial charge in [-0.2, -0.15) is 0 Å². The second-order valence-corrected chi connectivity index (χ2v) is 4.89. The Labute approximate surface area is 109 Å². The molecule has 0 aliphatic carbocycles. The molecule has 0 spiro atoms. The van der Waals surface area contributed by atoms with Crippen molar-refractivity contribution in [1.29, 1.82) is 0 Å². The molecule has 1 aliphatic heterocycles. The third-order valence-electron chi connectivity index (χ3n) is 3.53. The molecule has 0 saturated carbocycles. The highest BCUT2D eigenvalue weighted by molar-refractivity contribution is 5.02. The molecule has 4 nitrogen and oxygen atoms in total. The van der Waals surface area contributed by atoms with Crippen LogP contribution in [0.4, 0.5) is 0 Å². The van der Waals surface area contributed by atoms with Crippen molar-refractivity contribution in [2.45, 2.75) is 32.4 Å². The fourth-order valence-corrected chi connectivity index (χ4v) is 2.31. The second kappa shape index (κ2) is 6.92. The first-order valence-corrected chi connectivity index (χ1v) is 6.90. The summed E-state index contributed by atoms with van der Waals surface area (Å²) >= 11 is 0. The molecular formula is C14H24N2O2. The number of hydrogen-bond donors (Lipinski definition) is 1. The molecule has 1 saturated heterocycles. The maximum Gasteiger partial charge on any atom is 0.120 e. The number of morpholine rings is 1. The Hall–Kier alpha value is -0.840. The summed E-state index contributed by atoms with van der Waals surface area (Å²) in [5.41, 5.74) is 0. The minimum Gasteiger partial charge on any atom is -0.468 e. The van der Waals surface area contributed by atoms with E-state index in [1.807, 2.05) is 12.1 Å². The maximum atomic E-state index is 5.67. The van der Waals surface area contributed by atoms with Crippen LogP contribution >= 0.6 is 0 Å². The van der Waals surface area contributed by atoms with Gasteiger partial charge in [0.25, 0.3) is 0 Å². The van der Waals surface area contributed by atoms with Crippen molar-refractivity contribution >= 4 is 0 Å². The van der Waals surface area contributed by atoms with Gasteiger partial charge in [0.1, 0.15) is 5.76 Å². The summed E-state index contributed by atoms with van der Waals surface area (Å²) < 4.78 is 11.0. The van der Waals surface area contributed by atoms with Gasteiger partial charge >= 0.3 is 0 Å². The third-order valence-corrected chi connectivity index (χ3v) is 3.53. The van der Waals surface area contributed by atoms with Gasteiger partial charge in [-0.25, -0.2) is 0 Å². The van der Waals surface area contributed by atoms with Gasteiger partial charge in [0.15, 0.2) is 0 Å². The molecule has 2 unspecified atom stereocenters. The first-order chi connectivity index (χ1) is 8.79. The highest BCUT2D eigenvalue weighted by Gasteiger charge is 2.18. The van der Waals surface area contributed by atoms with E-state index in [9.17, 15) is 0 Å². The molecule has 1 aromatic rings. The van der Waals surface area contributed by atoms with Crippen LogP contribution in [0.15, 0.2) is 22.8 Å². The molecule has 2 rings (SSSR count). The van der Waals surface area contributed by atoms with Gasteiger partial charge in [0.2, 0.25) is 0 Å². The lowest BCUT2D eigenvalue weighted by Crippen LogP contribution is -2.44. The summed E-state index contributed by atoms with van der Waals surface area (Å²) in [5, 5.41) is 3.49. The Bertz CT molecular complexity index is 327. The number of ether oxygens (including phenoxy) is 1. The zero-order chi connectivity index (χ0) is 12.8. The Balaban J connectivity index is 1.66. The van der Waals surface area contributed by atoms with Gasteiger partial charge in [-0.05, 0) is 25.5 Å². The second-order valence-electron chi connectivity index (χ2n) is 4.89. The lowest BCUT2D eigenvalue weighted by Gasteiger charge is -2.32. The zero-order valence-electron chi connectivity index (χ0n) is 11.4. The minimum atomic E-state index is 0.281. The Kier molecular flexibility index (Phi) is 5.23. The van der Waals surface area contributed by atoms with Crippen molar-refractivity contribution in [3.8, 4) is 0 Å². The maximum absolute atomic E-state index is 5.67. The average molecular weight is 252 g/mol. The van der Waals surface area contributed by atoms with Gasteiger partial charge in [-0.1, -0.05) is 6.92 Å². The van der Waals surface area contributed by atoms with Crippen LogP contribution in [0.5, 0.6) is 0 Å². The van der Waals surface area contributed by atoms with E-state index in [1.54, 1.807) is 6.26 Å². The van der Waals surface area contributed by atoms with Gasteiger partial charge in [0.05, 0.1) is 25.0 Å². The van der Waals surface area contributed by atoms with Crippen LogP contribution in [0.3, 0.4) is 0 Å². The zero-order valence-corrected chi connectivity index (χ0v) is 11.4. The highest BCUT2D eigenvalue weighted by atomic mass is 16.5. The van der Waals surface area contributed by atoms with Crippen LogP contribution in [0.2, 0.25) is 0 Å². The fraction of sp³-hybridized carbons (Fsp3) is 0.714. The Morgan fingerprint density at radius 3 is 3.17 bits per heavy atom. The molecule has 1 aromatic heterocycles. The Morgan fingerprint density at radius 1 is 1.56 bits per heavy atom. The monoisotopic (exact) mass is 252 g/mol. The van der Waals surface area contributed by atoms with Crippen molar-refractivity contribution in [3.63, 3.8) is 0 Å². The summed E-state index contributed by atoms with van der Waals surface area (Å²) in [4.78, 5) is 2.47. The largest absolute Gasteiger partial charge is 0.468 e. The van der Waals surface area contributed by atoms with E-state index in [1.165, 1.54) is 0 Å². The predicted molar refractivity (Wildman–Crippen MR) is 71.6 cm³/mol. The molecule has 18 heavy (non-hydrogen) atoms. The molecule has 1 N–H and O–H groups in total. The van der Waals surface area contributed by atoms with Gasteiger partial charge in [0, 0.05) is 26.2 Å². The van der Waals surface area contributed by atoms with Gasteiger partial charge < -0.3 is 14.5 Å². The van der Waals surface area contributed by atoms with E-state index in [4.69, 9.17) is 9.15 Å². The Morgan fingerprint density at radius 2 is 2.44 bits per heavy atom. The SMILES string of the molecule is CCC1CN(CCNC(C)c2ccco2)CCO1. The number of nitrogens with zero attached hydrogens (tertiary/aromatic N) is 1. The first-order valence-electron chi connectivity index (χ1n) is 6.90. The van der Waals surface area contributed by atoms with Crippen LogP contribution in [0.1, 0.15) is 32.1 Å². The molecule has 0 bridgehead atoms. The highest BCUT2D eigenvalue weighted by Crippen LogP contribution is 2.12. The lowest BCUT2D eigenvalue weighted by atomic mass is 10.2. The van der Waals surface area contributed by atoms with E-state index in [0.717, 1.165) is 45.0 Å². The number of nitrogens with one attached hydrogen (secondary N) is 1. The molecule has 1 aliphatic rings. The number of hydrogen-bond acceptors (Lipinski definition) is 4. The predicted octanol–water partition coefficient (Wildman–Crippen LogP) is 2.04. The van der Waals surface area contributed by atoms with Gasteiger partial charge in [-0.15, -0.1) is 0 Å². The summed E-state index contributed by atoms with van der Waals surface area (Å²) in [6, 6.07) is 4.23. The molecule has 102 valence electrons. The third kappa shape index (κ3) is 3.83. The number of furan rings is 1. The average Bonchev–Trinajstić information content (AvgIpc) is 2.93. The van der Waals surface area contributed by atoms with Crippen LogP contribution in [-0.2, 0) is 4.74 Å². The summed E-state index contributed by atoms with van der Waals surface area (Å²) in [6.07, 6.45) is 3.25. The molecule has 0 aromatic carbocycles. The lowest BCUT2D eigenvalue weighted by molar-refractivity contribution is -0.0292. The summed E-state index contributed by atoms with van der Waals surface area (Å²) in [5.74, 6) is 1.00. The summed E-state index contributed by atoms with van der Waals surface area (Å²) in [7, 11) is 0. The smallest absolute Gasteiger partial charge is 0.120 e. The van der Waals surface area contributed by atoms with Gasteiger partial charge in [-0.3, -0.25) is 4.90 Å². The van der Waals surface area contributed by atoms with E-state index >= 15 is 0 Å².